The van der Waals surface area contributed by atoms with Crippen LogP contribution in [0.3, 0.4) is 0 Å². The zero-order valence-electron chi connectivity index (χ0n) is 15.7. The molecule has 0 radical (unpaired) electrons. The van der Waals surface area contributed by atoms with E-state index in [0.717, 1.165) is 0 Å². The molecule has 2 atom stereocenters. The average Bonchev–Trinajstić information content (AvgIpc) is 2.55. The first-order valence-electron chi connectivity index (χ1n) is 8.47. The molecule has 0 fully saturated rings. The van der Waals surface area contributed by atoms with Gasteiger partial charge in [-0.2, -0.15) is 13.2 Å². The molecule has 1 unspecified atom stereocenters. The highest BCUT2D eigenvalue weighted by molar-refractivity contribution is 6.36. The monoisotopic (exact) mass is 457 g/mol. The van der Waals surface area contributed by atoms with Crippen molar-refractivity contribution in [2.75, 3.05) is 13.2 Å². The van der Waals surface area contributed by atoms with E-state index in [2.05, 4.69) is 5.32 Å². The third-order valence-corrected chi connectivity index (χ3v) is 4.31. The number of carbonyl (C=O) groups is 1. The first kappa shape index (κ1) is 23.6. The Balaban J connectivity index is 2.46. The van der Waals surface area contributed by atoms with E-state index in [1.165, 1.54) is 12.1 Å². The van der Waals surface area contributed by atoms with Crippen molar-refractivity contribution in [1.82, 2.24) is 5.32 Å². The fraction of sp³-hybridized carbons (Fsp3) is 0.500. The molecule has 1 aliphatic rings. The number of rotatable bonds is 6. The van der Waals surface area contributed by atoms with Crippen molar-refractivity contribution in [2.45, 2.75) is 44.7 Å². The summed E-state index contributed by atoms with van der Waals surface area (Å²) in [5, 5.41) is 22.3. The normalized spacial score (nSPS) is 18.2. The summed E-state index contributed by atoms with van der Waals surface area (Å²) in [6, 6.07) is 2.36. The molecule has 0 saturated carbocycles. The highest BCUT2D eigenvalue weighted by Gasteiger charge is 2.51. The van der Waals surface area contributed by atoms with Crippen LogP contribution in [-0.2, 0) is 9.53 Å². The van der Waals surface area contributed by atoms with Gasteiger partial charge in [-0.25, -0.2) is 4.79 Å². The Morgan fingerprint density at radius 2 is 1.93 bits per heavy atom. The minimum atomic E-state index is -5.05. The van der Waals surface area contributed by atoms with Gasteiger partial charge in [0.1, 0.15) is 29.8 Å². The Hall–Kier alpha value is -1.68. The number of aliphatic carboxylic acids is 1. The molecule has 29 heavy (non-hydrogen) atoms. The van der Waals surface area contributed by atoms with E-state index in [-0.39, 0.29) is 27.7 Å². The third kappa shape index (κ3) is 5.91. The molecule has 1 aromatic carbocycles. The van der Waals surface area contributed by atoms with E-state index in [4.69, 9.17) is 32.7 Å². The van der Waals surface area contributed by atoms with Crippen molar-refractivity contribution in [1.29, 1.82) is 0 Å². The fourth-order valence-corrected chi connectivity index (χ4v) is 3.09. The van der Waals surface area contributed by atoms with Crippen LogP contribution in [0.5, 0.6) is 5.75 Å². The second-order valence-corrected chi connectivity index (χ2v) is 8.29. The number of ether oxygens (including phenoxy) is 2. The molecule has 0 saturated heterocycles. The summed E-state index contributed by atoms with van der Waals surface area (Å²) in [7, 11) is 0. The van der Waals surface area contributed by atoms with Crippen molar-refractivity contribution in [3.05, 3.63) is 33.3 Å². The Kier molecular flexibility index (Phi) is 6.99. The standard InChI is InChI=1S/C18H20Cl2F3NO5/c1-17(2,3)24-6-9(25)7-28-14-10-4-8(19)5-11(20)13(10)29-15(18(21,22)23)12(14)16(26)27/h4-5,9,15,24-25H,6-7H2,1-3H3,(H,26,27)/t9?,15-/m0/s1. The van der Waals surface area contributed by atoms with Crippen molar-refractivity contribution >= 4 is 34.9 Å². The quantitative estimate of drug-likeness (QED) is 0.600. The van der Waals surface area contributed by atoms with Crippen molar-refractivity contribution in [3.8, 4) is 5.75 Å². The summed E-state index contributed by atoms with van der Waals surface area (Å²) >= 11 is 11.9. The van der Waals surface area contributed by atoms with Gasteiger partial charge in [0.25, 0.3) is 0 Å². The van der Waals surface area contributed by atoms with Crippen molar-refractivity contribution < 1.29 is 37.7 Å². The Bertz CT molecular complexity index is 821. The molecule has 0 spiro atoms. The molecule has 0 amide bonds. The van der Waals surface area contributed by atoms with Gasteiger partial charge in [0, 0.05) is 17.1 Å². The molecule has 162 valence electrons. The summed E-state index contributed by atoms with van der Waals surface area (Å²) in [5.74, 6) is -2.90. The van der Waals surface area contributed by atoms with Crippen LogP contribution < -0.4 is 10.1 Å². The van der Waals surface area contributed by atoms with Gasteiger partial charge in [0.2, 0.25) is 6.10 Å². The number of hydrogen-bond acceptors (Lipinski definition) is 5. The second kappa shape index (κ2) is 8.59. The first-order valence-corrected chi connectivity index (χ1v) is 9.22. The molecule has 11 heteroatoms. The van der Waals surface area contributed by atoms with Crippen LogP contribution in [0.15, 0.2) is 17.7 Å². The van der Waals surface area contributed by atoms with Gasteiger partial charge < -0.3 is 25.0 Å². The lowest BCUT2D eigenvalue weighted by molar-refractivity contribution is -0.187. The molecular formula is C18H20Cl2F3NO5. The zero-order valence-corrected chi connectivity index (χ0v) is 17.2. The molecule has 0 bridgehead atoms. The molecule has 0 aliphatic carbocycles. The predicted octanol–water partition coefficient (Wildman–Crippen LogP) is 3.88. The lowest BCUT2D eigenvalue weighted by Gasteiger charge is -2.31. The number of hydrogen-bond donors (Lipinski definition) is 3. The maximum absolute atomic E-state index is 13.5. The number of β-amino-alcohol motifs (C(OH)–C–C–N with tert-alkyl or cyclic N) is 1. The first-order chi connectivity index (χ1) is 13.2. The number of carboxylic acid groups (broad SMARTS) is 1. The molecule has 3 N–H and O–H groups in total. The summed E-state index contributed by atoms with van der Waals surface area (Å²) in [4.78, 5) is 11.6. The van der Waals surface area contributed by atoms with Crippen LogP contribution in [0.4, 0.5) is 13.2 Å². The molecule has 1 heterocycles. The van der Waals surface area contributed by atoms with Crippen LogP contribution in [0.2, 0.25) is 10.0 Å². The number of benzene rings is 1. The number of alkyl halides is 3. The zero-order chi connectivity index (χ0) is 22.1. The van der Waals surface area contributed by atoms with Gasteiger partial charge in [-0.3, -0.25) is 0 Å². The number of carboxylic acids is 1. The summed E-state index contributed by atoms with van der Waals surface area (Å²) in [5.41, 5.74) is -1.61. The van der Waals surface area contributed by atoms with Gasteiger partial charge in [0.05, 0.1) is 10.6 Å². The average molecular weight is 458 g/mol. The van der Waals surface area contributed by atoms with Gasteiger partial charge in [0.15, 0.2) is 0 Å². The second-order valence-electron chi connectivity index (χ2n) is 7.45. The Morgan fingerprint density at radius 1 is 1.31 bits per heavy atom. The maximum atomic E-state index is 13.5. The van der Waals surface area contributed by atoms with Crippen LogP contribution in [0.1, 0.15) is 26.3 Å². The van der Waals surface area contributed by atoms with Crippen LogP contribution in [0.25, 0.3) is 5.76 Å². The molecular weight excluding hydrogens is 438 g/mol. The number of aliphatic hydroxyl groups is 1. The SMILES string of the molecule is CC(C)(C)NCC(O)COC1=C(C(=O)O)[C@@H](C(F)(F)F)Oc2c(Cl)cc(Cl)cc21. The van der Waals surface area contributed by atoms with E-state index < -0.39 is 48.0 Å². The lowest BCUT2D eigenvalue weighted by atomic mass is 9.98. The smallest absolute Gasteiger partial charge is 0.430 e. The summed E-state index contributed by atoms with van der Waals surface area (Å²) in [6.07, 6.45) is -8.97. The third-order valence-electron chi connectivity index (χ3n) is 3.81. The highest BCUT2D eigenvalue weighted by Crippen LogP contribution is 2.46. The molecule has 1 aliphatic heterocycles. The highest BCUT2D eigenvalue weighted by atomic mass is 35.5. The Labute approximate surface area is 175 Å². The van der Waals surface area contributed by atoms with Crippen molar-refractivity contribution in [2.24, 2.45) is 0 Å². The topological polar surface area (TPSA) is 88.0 Å². The van der Waals surface area contributed by atoms with Crippen molar-refractivity contribution in [3.63, 3.8) is 0 Å². The minimum Gasteiger partial charge on any atom is -0.489 e. The molecule has 0 aromatic heterocycles. The number of fused-ring (bicyclic) bond motifs is 1. The lowest BCUT2D eigenvalue weighted by Crippen LogP contribution is -2.43. The predicted molar refractivity (Wildman–Crippen MR) is 101 cm³/mol. The van der Waals surface area contributed by atoms with Gasteiger partial charge in [-0.15, -0.1) is 0 Å². The maximum Gasteiger partial charge on any atom is 0.430 e. The number of halogens is 5. The Morgan fingerprint density at radius 3 is 2.45 bits per heavy atom. The molecule has 2 rings (SSSR count). The number of aliphatic hydroxyl groups excluding tert-OH is 1. The molecule has 1 aromatic rings. The van der Waals surface area contributed by atoms with E-state index >= 15 is 0 Å². The number of nitrogens with one attached hydrogen (secondary N) is 1. The van der Waals surface area contributed by atoms with Crippen LogP contribution in [0, 0.1) is 0 Å². The van der Waals surface area contributed by atoms with E-state index in [9.17, 15) is 28.2 Å². The summed E-state index contributed by atoms with van der Waals surface area (Å²) < 4.78 is 50.7. The van der Waals surface area contributed by atoms with Gasteiger partial charge in [-0.05, 0) is 32.9 Å². The minimum absolute atomic E-state index is 0.0450. The molecule has 6 nitrogen and oxygen atoms in total. The summed E-state index contributed by atoms with van der Waals surface area (Å²) in [6.45, 7) is 5.18. The van der Waals surface area contributed by atoms with Gasteiger partial charge in [-0.1, -0.05) is 23.2 Å². The van der Waals surface area contributed by atoms with E-state index in [0.29, 0.717) is 0 Å². The van der Waals surface area contributed by atoms with E-state index in [1.54, 1.807) is 0 Å². The van der Waals surface area contributed by atoms with Crippen LogP contribution in [-0.4, -0.2) is 53.3 Å². The van der Waals surface area contributed by atoms with Gasteiger partial charge >= 0.3 is 12.1 Å². The fourth-order valence-electron chi connectivity index (χ4n) is 2.55. The van der Waals surface area contributed by atoms with E-state index in [1.807, 2.05) is 20.8 Å². The van der Waals surface area contributed by atoms with Crippen LogP contribution >= 0.6 is 23.2 Å². The largest absolute Gasteiger partial charge is 0.489 e.